The van der Waals surface area contributed by atoms with Crippen LogP contribution in [0.4, 0.5) is 17.6 Å². The Bertz CT molecular complexity index is 513. The van der Waals surface area contributed by atoms with Gasteiger partial charge in [-0.15, -0.1) is 0 Å². The predicted molar refractivity (Wildman–Crippen MR) is 71.0 cm³/mol. The summed E-state index contributed by atoms with van der Waals surface area (Å²) in [6.07, 6.45) is 3.02. The minimum atomic E-state index is -1.40. The molecule has 1 aromatic carbocycles. The first-order valence-electron chi connectivity index (χ1n) is 7.66. The lowest BCUT2D eigenvalue weighted by atomic mass is 10.0. The molecule has 0 bridgehead atoms. The van der Waals surface area contributed by atoms with Crippen molar-refractivity contribution < 1.29 is 27.0 Å². The Morgan fingerprint density at radius 3 is 2.27 bits per heavy atom. The largest absolute Gasteiger partial charge is 0.353 e. The number of hydrogen-bond donors (Lipinski definition) is 0. The van der Waals surface area contributed by atoms with Gasteiger partial charge in [0.05, 0.1) is 11.7 Å². The Morgan fingerprint density at radius 2 is 1.73 bits per heavy atom. The van der Waals surface area contributed by atoms with Crippen LogP contribution in [0.2, 0.25) is 0 Å². The molecule has 0 radical (unpaired) electrons. The van der Waals surface area contributed by atoms with Gasteiger partial charge in [-0.1, -0.05) is 12.8 Å². The standard InChI is InChI=1S/C16H18F4O2/c17-10-8-11(18)16(20)14(15(10)19)12(7-9-4-5-9)22-13-3-1-2-6-21-13/h8-9,12-13H,1-7H2. The second kappa shape index (κ2) is 6.54. The molecule has 1 heterocycles. The molecule has 22 heavy (non-hydrogen) atoms. The molecule has 1 aliphatic carbocycles. The molecular weight excluding hydrogens is 300 g/mol. The average molecular weight is 318 g/mol. The maximum atomic E-state index is 14.0. The van der Waals surface area contributed by atoms with Crippen LogP contribution in [0.3, 0.4) is 0 Å². The Balaban J connectivity index is 1.87. The molecule has 1 saturated heterocycles. The smallest absolute Gasteiger partial charge is 0.167 e. The van der Waals surface area contributed by atoms with Crippen molar-refractivity contribution in [3.8, 4) is 0 Å². The van der Waals surface area contributed by atoms with Gasteiger partial charge in [-0.2, -0.15) is 0 Å². The zero-order valence-corrected chi connectivity index (χ0v) is 12.1. The normalized spacial score (nSPS) is 23.5. The molecule has 2 aliphatic rings. The van der Waals surface area contributed by atoms with Gasteiger partial charge in [-0.3, -0.25) is 0 Å². The molecule has 2 unspecified atom stereocenters. The van der Waals surface area contributed by atoms with Crippen molar-refractivity contribution in [3.63, 3.8) is 0 Å². The SMILES string of the molecule is Fc1cc(F)c(F)c(C(CC2CC2)OC2CCCCO2)c1F. The molecular formula is C16H18F4O2. The van der Waals surface area contributed by atoms with Gasteiger partial charge in [0, 0.05) is 12.7 Å². The van der Waals surface area contributed by atoms with Crippen molar-refractivity contribution in [2.75, 3.05) is 6.61 Å². The number of ether oxygens (including phenoxy) is 2. The van der Waals surface area contributed by atoms with Gasteiger partial charge in [0.1, 0.15) is 0 Å². The molecule has 2 fully saturated rings. The molecule has 0 spiro atoms. The summed E-state index contributed by atoms with van der Waals surface area (Å²) in [7, 11) is 0. The van der Waals surface area contributed by atoms with Crippen LogP contribution in [-0.4, -0.2) is 12.9 Å². The van der Waals surface area contributed by atoms with Crippen LogP contribution in [0.1, 0.15) is 50.2 Å². The monoisotopic (exact) mass is 318 g/mol. The second-order valence-electron chi connectivity index (χ2n) is 5.98. The van der Waals surface area contributed by atoms with Gasteiger partial charge in [0.25, 0.3) is 0 Å². The lowest BCUT2D eigenvalue weighted by molar-refractivity contribution is -0.193. The fourth-order valence-electron chi connectivity index (χ4n) is 2.77. The second-order valence-corrected chi connectivity index (χ2v) is 5.98. The number of rotatable bonds is 5. The van der Waals surface area contributed by atoms with Crippen molar-refractivity contribution in [1.82, 2.24) is 0 Å². The molecule has 2 atom stereocenters. The topological polar surface area (TPSA) is 18.5 Å². The van der Waals surface area contributed by atoms with E-state index in [-0.39, 0.29) is 12.0 Å². The highest BCUT2D eigenvalue weighted by Gasteiger charge is 2.34. The molecule has 6 heteroatoms. The van der Waals surface area contributed by atoms with Gasteiger partial charge in [0.15, 0.2) is 29.6 Å². The van der Waals surface area contributed by atoms with E-state index < -0.39 is 41.2 Å². The van der Waals surface area contributed by atoms with Gasteiger partial charge in [-0.05, 0) is 31.6 Å². The number of halogens is 4. The third kappa shape index (κ3) is 3.43. The summed E-state index contributed by atoms with van der Waals surface area (Å²) >= 11 is 0. The summed E-state index contributed by atoms with van der Waals surface area (Å²) in [6, 6.07) is 0.222. The fraction of sp³-hybridized carbons (Fsp3) is 0.625. The van der Waals surface area contributed by atoms with Crippen LogP contribution in [0.5, 0.6) is 0 Å². The molecule has 1 saturated carbocycles. The Kier molecular flexibility index (Phi) is 4.68. The molecule has 3 rings (SSSR count). The Hall–Kier alpha value is -1.14. The summed E-state index contributed by atoms with van der Waals surface area (Å²) in [5, 5.41) is 0. The molecule has 0 N–H and O–H groups in total. The van der Waals surface area contributed by atoms with Gasteiger partial charge in [0.2, 0.25) is 0 Å². The average Bonchev–Trinajstić information content (AvgIpc) is 3.30. The Morgan fingerprint density at radius 1 is 1.05 bits per heavy atom. The molecule has 0 aromatic heterocycles. The summed E-state index contributed by atoms with van der Waals surface area (Å²) < 4.78 is 66.0. The van der Waals surface area contributed by atoms with E-state index in [1.807, 2.05) is 0 Å². The highest BCUT2D eigenvalue weighted by atomic mass is 19.2. The molecule has 122 valence electrons. The van der Waals surface area contributed by atoms with Crippen LogP contribution >= 0.6 is 0 Å². The third-order valence-corrected chi connectivity index (χ3v) is 4.17. The van der Waals surface area contributed by atoms with E-state index in [0.29, 0.717) is 19.4 Å². The van der Waals surface area contributed by atoms with Gasteiger partial charge < -0.3 is 9.47 Å². The van der Waals surface area contributed by atoms with Gasteiger partial charge in [-0.25, -0.2) is 17.6 Å². The Labute approximate surface area is 126 Å². The zero-order chi connectivity index (χ0) is 15.7. The summed E-state index contributed by atoms with van der Waals surface area (Å²) in [5.74, 6) is -5.27. The lowest BCUT2D eigenvalue weighted by Gasteiger charge is -2.28. The lowest BCUT2D eigenvalue weighted by Crippen LogP contribution is -2.26. The van der Waals surface area contributed by atoms with E-state index in [1.165, 1.54) is 0 Å². The van der Waals surface area contributed by atoms with Crippen molar-refractivity contribution in [3.05, 3.63) is 34.9 Å². The predicted octanol–water partition coefficient (Wildman–Crippen LogP) is 4.63. The first-order valence-corrected chi connectivity index (χ1v) is 7.66. The first kappa shape index (κ1) is 15.7. The molecule has 1 aromatic rings. The van der Waals surface area contributed by atoms with E-state index in [2.05, 4.69) is 0 Å². The number of hydrogen-bond acceptors (Lipinski definition) is 2. The first-order chi connectivity index (χ1) is 10.6. The molecule has 1 aliphatic heterocycles. The highest BCUT2D eigenvalue weighted by molar-refractivity contribution is 5.25. The van der Waals surface area contributed by atoms with E-state index in [1.54, 1.807) is 0 Å². The van der Waals surface area contributed by atoms with Crippen molar-refractivity contribution in [1.29, 1.82) is 0 Å². The summed E-state index contributed by atoms with van der Waals surface area (Å²) in [5.41, 5.74) is -0.654. The minimum Gasteiger partial charge on any atom is -0.353 e. The highest BCUT2D eigenvalue weighted by Crippen LogP contribution is 2.42. The molecule has 0 amide bonds. The van der Waals surface area contributed by atoms with Crippen LogP contribution in [0, 0.1) is 29.2 Å². The van der Waals surface area contributed by atoms with Crippen LogP contribution < -0.4 is 0 Å². The van der Waals surface area contributed by atoms with Gasteiger partial charge >= 0.3 is 0 Å². The van der Waals surface area contributed by atoms with Crippen molar-refractivity contribution >= 4 is 0 Å². The summed E-state index contributed by atoms with van der Waals surface area (Å²) in [4.78, 5) is 0. The number of benzene rings is 1. The summed E-state index contributed by atoms with van der Waals surface area (Å²) in [6.45, 7) is 0.517. The van der Waals surface area contributed by atoms with E-state index in [4.69, 9.17) is 9.47 Å². The van der Waals surface area contributed by atoms with Crippen molar-refractivity contribution in [2.45, 2.75) is 50.9 Å². The maximum absolute atomic E-state index is 14.0. The fourth-order valence-corrected chi connectivity index (χ4v) is 2.77. The molecule has 2 nitrogen and oxygen atoms in total. The third-order valence-electron chi connectivity index (χ3n) is 4.17. The van der Waals surface area contributed by atoms with Crippen LogP contribution in [0.15, 0.2) is 6.07 Å². The van der Waals surface area contributed by atoms with E-state index >= 15 is 0 Å². The van der Waals surface area contributed by atoms with Crippen LogP contribution in [-0.2, 0) is 9.47 Å². The quantitative estimate of drug-likeness (QED) is 0.582. The maximum Gasteiger partial charge on any atom is 0.167 e. The zero-order valence-electron chi connectivity index (χ0n) is 12.1. The van der Waals surface area contributed by atoms with E-state index in [9.17, 15) is 17.6 Å². The van der Waals surface area contributed by atoms with E-state index in [0.717, 1.165) is 25.7 Å². The van der Waals surface area contributed by atoms with Crippen LogP contribution in [0.25, 0.3) is 0 Å². The van der Waals surface area contributed by atoms with Crippen molar-refractivity contribution in [2.24, 2.45) is 5.92 Å². The minimum absolute atomic E-state index is 0.222.